The van der Waals surface area contributed by atoms with Crippen molar-refractivity contribution in [3.8, 4) is 22.8 Å². The van der Waals surface area contributed by atoms with Gasteiger partial charge in [0, 0.05) is 32.4 Å². The Morgan fingerprint density at radius 2 is 1.79 bits per heavy atom. The van der Waals surface area contributed by atoms with Gasteiger partial charge in [-0.1, -0.05) is 45.2 Å². The highest BCUT2D eigenvalue weighted by molar-refractivity contribution is 9.10. The minimum absolute atomic E-state index is 0.104. The smallest absolute Gasteiger partial charge is 0.251 e. The molecule has 0 aliphatic rings. The lowest BCUT2D eigenvalue weighted by molar-refractivity contribution is 0.415. The second kappa shape index (κ2) is 10.2. The van der Waals surface area contributed by atoms with E-state index in [2.05, 4.69) is 31.0 Å². The molecule has 0 saturated heterocycles. The van der Waals surface area contributed by atoms with Gasteiger partial charge >= 0.3 is 0 Å². The van der Waals surface area contributed by atoms with E-state index in [1.165, 1.54) is 10.9 Å². The third kappa shape index (κ3) is 5.63. The summed E-state index contributed by atoms with van der Waals surface area (Å²) in [5, 5.41) is 15.6. The Labute approximate surface area is 208 Å². The van der Waals surface area contributed by atoms with Crippen LogP contribution >= 0.6 is 39.1 Å². The fourth-order valence-electron chi connectivity index (χ4n) is 2.92. The molecule has 0 aliphatic carbocycles. The summed E-state index contributed by atoms with van der Waals surface area (Å²) >= 11 is 15.6. The van der Waals surface area contributed by atoms with Gasteiger partial charge in [-0.05, 0) is 54.6 Å². The molecule has 9 heteroatoms. The Hall–Kier alpha value is -3.13. The molecule has 0 radical (unpaired) electrons. The highest BCUT2D eigenvalue weighted by atomic mass is 79.9. The topological polar surface area (TPSA) is 72.0 Å². The number of hydrogen-bond donors (Lipinski definition) is 1. The monoisotopic (exact) mass is 542 g/mol. The maximum absolute atomic E-state index is 10.1. The van der Waals surface area contributed by atoms with Crippen LogP contribution in [0.4, 0.5) is 5.95 Å². The number of phenolic OH excluding ortho intramolecular Hbond substituents is 1. The zero-order valence-electron chi connectivity index (χ0n) is 17.3. The number of aromatic hydroxyl groups is 1. The molecule has 1 N–H and O–H groups in total. The van der Waals surface area contributed by atoms with Gasteiger partial charge in [-0.3, -0.25) is 0 Å². The maximum Gasteiger partial charge on any atom is 0.251 e. The van der Waals surface area contributed by atoms with Crippen LogP contribution in [0.3, 0.4) is 0 Å². The van der Waals surface area contributed by atoms with Gasteiger partial charge in [0.1, 0.15) is 11.5 Å². The summed E-state index contributed by atoms with van der Waals surface area (Å²) in [6, 6.07) is 17.8. The largest absolute Gasteiger partial charge is 0.507 e. The van der Waals surface area contributed by atoms with Crippen LogP contribution in [-0.2, 0) is 0 Å². The first-order valence-electron chi connectivity index (χ1n) is 9.69. The average molecular weight is 544 g/mol. The number of methoxy groups -OCH3 is 1. The van der Waals surface area contributed by atoms with Gasteiger partial charge in [0.15, 0.2) is 0 Å². The second-order valence-electron chi connectivity index (χ2n) is 6.87. The van der Waals surface area contributed by atoms with E-state index in [4.69, 9.17) is 27.9 Å². The first kappa shape index (κ1) is 23.0. The maximum atomic E-state index is 10.1. The van der Waals surface area contributed by atoms with Crippen LogP contribution in [0, 0.1) is 0 Å². The highest BCUT2D eigenvalue weighted by Gasteiger charge is 2.10. The zero-order chi connectivity index (χ0) is 23.4. The number of imidazole rings is 1. The fourth-order valence-corrected chi connectivity index (χ4v) is 3.76. The molecule has 6 nitrogen and oxygen atoms in total. The van der Waals surface area contributed by atoms with Crippen LogP contribution in [0.5, 0.6) is 11.5 Å². The van der Waals surface area contributed by atoms with Crippen LogP contribution in [0.25, 0.3) is 11.3 Å². The lowest BCUT2D eigenvalue weighted by Gasteiger charge is -2.00. The number of benzene rings is 3. The third-order valence-electron chi connectivity index (χ3n) is 4.65. The molecule has 4 aromatic rings. The highest BCUT2D eigenvalue weighted by Crippen LogP contribution is 2.26. The van der Waals surface area contributed by atoms with Crippen molar-refractivity contribution in [1.82, 2.24) is 9.66 Å². The van der Waals surface area contributed by atoms with Crippen molar-refractivity contribution < 1.29 is 9.84 Å². The van der Waals surface area contributed by atoms with E-state index in [-0.39, 0.29) is 5.75 Å². The summed E-state index contributed by atoms with van der Waals surface area (Å²) in [7, 11) is 1.62. The molecule has 0 unspecified atom stereocenters. The Kier molecular flexibility index (Phi) is 7.13. The Morgan fingerprint density at radius 3 is 2.52 bits per heavy atom. The van der Waals surface area contributed by atoms with Crippen LogP contribution in [-0.4, -0.2) is 34.3 Å². The van der Waals surface area contributed by atoms with Gasteiger partial charge in [-0.2, -0.15) is 5.10 Å². The predicted molar refractivity (Wildman–Crippen MR) is 137 cm³/mol. The van der Waals surface area contributed by atoms with Crippen molar-refractivity contribution in [2.45, 2.75) is 0 Å². The lowest BCUT2D eigenvalue weighted by atomic mass is 10.2. The fraction of sp³-hybridized carbons (Fsp3) is 0.0417. The third-order valence-corrected chi connectivity index (χ3v) is 5.70. The number of rotatable bonds is 6. The van der Waals surface area contributed by atoms with E-state index in [1.807, 2.05) is 24.3 Å². The average Bonchev–Trinajstić information content (AvgIpc) is 3.22. The molecular formula is C24H17BrCl2N4O2. The summed E-state index contributed by atoms with van der Waals surface area (Å²) in [4.78, 5) is 9.08. The SMILES string of the molecule is COc1ccc(-c2cn(/N=C/c3ccc(Cl)cc3Cl)c(/N=C/c3cc(Br)ccc3O)n2)cc1. The molecule has 1 heterocycles. The van der Waals surface area contributed by atoms with Gasteiger partial charge < -0.3 is 9.84 Å². The van der Waals surface area contributed by atoms with Crippen LogP contribution in [0.15, 0.2) is 81.4 Å². The molecule has 0 aliphatic heterocycles. The molecule has 0 amide bonds. The van der Waals surface area contributed by atoms with E-state index in [0.717, 1.165) is 15.8 Å². The Bertz CT molecular complexity index is 1350. The van der Waals surface area contributed by atoms with Crippen molar-refractivity contribution in [3.63, 3.8) is 0 Å². The molecule has 0 bridgehead atoms. The molecule has 0 atom stereocenters. The molecule has 0 fully saturated rings. The lowest BCUT2D eigenvalue weighted by Crippen LogP contribution is -1.91. The molecule has 1 aromatic heterocycles. The predicted octanol–water partition coefficient (Wildman–Crippen LogP) is 6.97. The van der Waals surface area contributed by atoms with Crippen molar-refractivity contribution in [2.24, 2.45) is 10.1 Å². The molecule has 4 rings (SSSR count). The molecule has 0 spiro atoms. The number of ether oxygens (including phenoxy) is 1. The molecular weight excluding hydrogens is 527 g/mol. The second-order valence-corrected chi connectivity index (χ2v) is 8.63. The van der Waals surface area contributed by atoms with Gasteiger partial charge in [0.25, 0.3) is 5.95 Å². The van der Waals surface area contributed by atoms with Crippen LogP contribution in [0.1, 0.15) is 11.1 Å². The van der Waals surface area contributed by atoms with E-state index in [9.17, 15) is 5.11 Å². The van der Waals surface area contributed by atoms with E-state index in [1.54, 1.807) is 55.9 Å². The standard InChI is InChI=1S/C24H17BrCl2N4O2/c1-33-20-7-3-15(4-8-20)22-14-31(29-13-16-2-6-19(26)11-21(16)27)24(30-22)28-12-17-10-18(25)5-9-23(17)32/h2-14,32H,1H3/b28-12+,29-13+. The van der Waals surface area contributed by atoms with E-state index in [0.29, 0.717) is 32.8 Å². The van der Waals surface area contributed by atoms with Crippen molar-refractivity contribution >= 4 is 57.5 Å². The van der Waals surface area contributed by atoms with E-state index < -0.39 is 0 Å². The van der Waals surface area contributed by atoms with Crippen molar-refractivity contribution in [1.29, 1.82) is 0 Å². The van der Waals surface area contributed by atoms with Crippen LogP contribution in [0.2, 0.25) is 10.0 Å². The first-order chi connectivity index (χ1) is 15.9. The van der Waals surface area contributed by atoms with Gasteiger partial charge in [0.05, 0.1) is 30.2 Å². The first-order valence-corrected chi connectivity index (χ1v) is 11.2. The number of aliphatic imine (C=N–C) groups is 1. The van der Waals surface area contributed by atoms with Crippen molar-refractivity contribution in [3.05, 3.63) is 92.5 Å². The minimum atomic E-state index is 0.104. The van der Waals surface area contributed by atoms with Crippen LogP contribution < -0.4 is 4.74 Å². The molecule has 3 aromatic carbocycles. The number of phenols is 1. The quantitative estimate of drug-likeness (QED) is 0.267. The Balaban J connectivity index is 1.73. The normalized spacial score (nSPS) is 11.5. The van der Waals surface area contributed by atoms with Gasteiger partial charge in [-0.25, -0.2) is 14.7 Å². The summed E-state index contributed by atoms with van der Waals surface area (Å²) in [6.45, 7) is 0. The number of hydrogen-bond acceptors (Lipinski definition) is 5. The molecule has 0 saturated carbocycles. The number of nitrogens with zero attached hydrogens (tertiary/aromatic N) is 4. The number of aromatic nitrogens is 2. The molecule has 33 heavy (non-hydrogen) atoms. The van der Waals surface area contributed by atoms with Crippen molar-refractivity contribution in [2.75, 3.05) is 7.11 Å². The van der Waals surface area contributed by atoms with Gasteiger partial charge in [-0.15, -0.1) is 0 Å². The summed E-state index contributed by atoms with van der Waals surface area (Å²) in [6.07, 6.45) is 4.89. The van der Waals surface area contributed by atoms with Gasteiger partial charge in [0.2, 0.25) is 0 Å². The summed E-state index contributed by atoms with van der Waals surface area (Å²) < 4.78 is 7.58. The number of halogens is 3. The summed E-state index contributed by atoms with van der Waals surface area (Å²) in [5.41, 5.74) is 2.77. The minimum Gasteiger partial charge on any atom is -0.507 e. The zero-order valence-corrected chi connectivity index (χ0v) is 20.4. The Morgan fingerprint density at radius 1 is 1.00 bits per heavy atom. The molecule has 166 valence electrons. The van der Waals surface area contributed by atoms with E-state index >= 15 is 0 Å². The summed E-state index contributed by atoms with van der Waals surface area (Å²) in [5.74, 6) is 1.17.